The maximum Gasteiger partial charge on any atom is 0.215 e. The highest BCUT2D eigenvalue weighted by atomic mass is 32.2. The quantitative estimate of drug-likeness (QED) is 0.612. The SMILES string of the molecule is CCc1cc(Sc2nnnn2C[C@@H]2CCCO2)nc(-c2ccccn2)n1. The van der Waals surface area contributed by atoms with Gasteiger partial charge in [0.2, 0.25) is 5.16 Å². The van der Waals surface area contributed by atoms with E-state index in [0.717, 1.165) is 42.3 Å². The topological polar surface area (TPSA) is 91.5 Å². The highest BCUT2D eigenvalue weighted by Gasteiger charge is 2.20. The first kappa shape index (κ1) is 17.0. The number of hydrogen-bond acceptors (Lipinski definition) is 8. The predicted molar refractivity (Wildman–Crippen MR) is 95.6 cm³/mol. The second-order valence-corrected chi connectivity index (χ2v) is 6.96. The van der Waals surface area contributed by atoms with E-state index in [0.29, 0.717) is 17.5 Å². The Hall–Kier alpha value is -2.39. The highest BCUT2D eigenvalue weighted by molar-refractivity contribution is 7.99. The van der Waals surface area contributed by atoms with Gasteiger partial charge in [0.25, 0.3) is 0 Å². The number of aryl methyl sites for hydroxylation is 1. The lowest BCUT2D eigenvalue weighted by Gasteiger charge is -2.10. The summed E-state index contributed by atoms with van der Waals surface area (Å²) in [5, 5.41) is 13.6. The van der Waals surface area contributed by atoms with Crippen LogP contribution in [0.25, 0.3) is 11.5 Å². The molecule has 8 nitrogen and oxygen atoms in total. The molecule has 0 bridgehead atoms. The van der Waals surface area contributed by atoms with E-state index < -0.39 is 0 Å². The van der Waals surface area contributed by atoms with Gasteiger partial charge in [0.1, 0.15) is 10.7 Å². The Morgan fingerprint density at radius 1 is 1.31 bits per heavy atom. The van der Waals surface area contributed by atoms with Gasteiger partial charge in [-0.25, -0.2) is 14.6 Å². The molecule has 0 aliphatic carbocycles. The van der Waals surface area contributed by atoms with E-state index in [1.165, 1.54) is 11.8 Å². The zero-order valence-corrected chi connectivity index (χ0v) is 15.3. The Balaban J connectivity index is 1.59. The molecule has 0 amide bonds. The minimum absolute atomic E-state index is 0.179. The third kappa shape index (κ3) is 3.88. The van der Waals surface area contributed by atoms with Crippen molar-refractivity contribution >= 4 is 11.8 Å². The Kier molecular flexibility index (Phi) is 5.16. The van der Waals surface area contributed by atoms with Crippen LogP contribution in [0.1, 0.15) is 25.5 Å². The lowest BCUT2D eigenvalue weighted by molar-refractivity contribution is 0.0912. The number of ether oxygens (including phenoxy) is 1. The van der Waals surface area contributed by atoms with Gasteiger partial charge in [0.05, 0.1) is 12.6 Å². The number of nitrogens with zero attached hydrogens (tertiary/aromatic N) is 7. The molecule has 26 heavy (non-hydrogen) atoms. The smallest absolute Gasteiger partial charge is 0.215 e. The molecule has 1 saturated heterocycles. The summed E-state index contributed by atoms with van der Waals surface area (Å²) >= 11 is 1.44. The second-order valence-electron chi connectivity index (χ2n) is 5.97. The molecule has 0 spiro atoms. The van der Waals surface area contributed by atoms with E-state index in [1.807, 2.05) is 24.3 Å². The van der Waals surface area contributed by atoms with Crippen LogP contribution in [0, 0.1) is 0 Å². The van der Waals surface area contributed by atoms with Crippen molar-refractivity contribution in [1.82, 2.24) is 35.2 Å². The summed E-state index contributed by atoms with van der Waals surface area (Å²) in [7, 11) is 0. The van der Waals surface area contributed by atoms with Gasteiger partial charge in [0, 0.05) is 18.5 Å². The fraction of sp³-hybridized carbons (Fsp3) is 0.412. The van der Waals surface area contributed by atoms with Crippen LogP contribution in [0.5, 0.6) is 0 Å². The lowest BCUT2D eigenvalue weighted by Crippen LogP contribution is -2.16. The second kappa shape index (κ2) is 7.88. The van der Waals surface area contributed by atoms with Crippen molar-refractivity contribution < 1.29 is 4.74 Å². The molecule has 0 unspecified atom stereocenters. The van der Waals surface area contributed by atoms with Gasteiger partial charge in [-0.05, 0) is 59.7 Å². The summed E-state index contributed by atoms with van der Waals surface area (Å²) in [4.78, 5) is 13.6. The minimum atomic E-state index is 0.179. The normalized spacial score (nSPS) is 16.9. The fourth-order valence-corrected chi connectivity index (χ4v) is 3.58. The summed E-state index contributed by atoms with van der Waals surface area (Å²) in [5.41, 5.74) is 1.71. The summed E-state index contributed by atoms with van der Waals surface area (Å²) in [6, 6.07) is 7.69. The van der Waals surface area contributed by atoms with Crippen molar-refractivity contribution in [2.24, 2.45) is 0 Å². The molecule has 4 heterocycles. The van der Waals surface area contributed by atoms with Crippen LogP contribution in [0.3, 0.4) is 0 Å². The van der Waals surface area contributed by atoms with E-state index in [2.05, 4.69) is 37.4 Å². The molecule has 1 aliphatic rings. The molecular formula is C17H19N7OS. The van der Waals surface area contributed by atoms with E-state index in [-0.39, 0.29) is 6.10 Å². The van der Waals surface area contributed by atoms with E-state index >= 15 is 0 Å². The zero-order chi connectivity index (χ0) is 17.8. The minimum Gasteiger partial charge on any atom is -0.376 e. The number of hydrogen-bond donors (Lipinski definition) is 0. The van der Waals surface area contributed by atoms with Crippen LogP contribution < -0.4 is 0 Å². The Morgan fingerprint density at radius 3 is 3.04 bits per heavy atom. The maximum atomic E-state index is 5.69. The zero-order valence-electron chi connectivity index (χ0n) is 14.4. The summed E-state index contributed by atoms with van der Waals surface area (Å²) in [6.45, 7) is 3.54. The largest absolute Gasteiger partial charge is 0.376 e. The van der Waals surface area contributed by atoms with Crippen LogP contribution >= 0.6 is 11.8 Å². The average molecular weight is 369 g/mol. The molecule has 134 valence electrons. The van der Waals surface area contributed by atoms with Crippen molar-refractivity contribution in [3.8, 4) is 11.5 Å². The van der Waals surface area contributed by atoms with E-state index in [4.69, 9.17) is 4.74 Å². The van der Waals surface area contributed by atoms with Crippen LogP contribution in [0.2, 0.25) is 0 Å². The molecule has 4 rings (SSSR count). The monoisotopic (exact) mass is 369 g/mol. The number of aromatic nitrogens is 7. The van der Waals surface area contributed by atoms with Gasteiger partial charge < -0.3 is 4.74 Å². The first-order chi connectivity index (χ1) is 12.8. The predicted octanol–water partition coefficient (Wildman–Crippen LogP) is 2.42. The van der Waals surface area contributed by atoms with Crippen LogP contribution in [0.4, 0.5) is 0 Å². The Labute approximate surface area is 155 Å². The van der Waals surface area contributed by atoms with Crippen molar-refractivity contribution in [2.45, 2.75) is 49.0 Å². The molecule has 1 atom stereocenters. The van der Waals surface area contributed by atoms with E-state index in [9.17, 15) is 0 Å². The maximum absolute atomic E-state index is 5.69. The summed E-state index contributed by atoms with van der Waals surface area (Å²) in [6.07, 6.45) is 4.87. The van der Waals surface area contributed by atoms with Crippen molar-refractivity contribution in [2.75, 3.05) is 6.61 Å². The molecule has 3 aromatic heterocycles. The molecule has 9 heteroatoms. The summed E-state index contributed by atoms with van der Waals surface area (Å²) in [5.74, 6) is 0.616. The van der Waals surface area contributed by atoms with Gasteiger partial charge in [-0.15, -0.1) is 5.10 Å². The van der Waals surface area contributed by atoms with Crippen LogP contribution in [-0.2, 0) is 17.7 Å². The van der Waals surface area contributed by atoms with Crippen LogP contribution in [-0.4, -0.2) is 47.9 Å². The van der Waals surface area contributed by atoms with Gasteiger partial charge in [-0.3, -0.25) is 4.98 Å². The third-order valence-corrected chi connectivity index (χ3v) is 5.00. The van der Waals surface area contributed by atoms with Crippen molar-refractivity contribution in [1.29, 1.82) is 0 Å². The Morgan fingerprint density at radius 2 is 2.27 bits per heavy atom. The van der Waals surface area contributed by atoms with Crippen molar-refractivity contribution in [3.05, 3.63) is 36.2 Å². The molecule has 0 N–H and O–H groups in total. The number of tetrazole rings is 1. The third-order valence-electron chi connectivity index (χ3n) is 4.11. The molecule has 0 saturated carbocycles. The fourth-order valence-electron chi connectivity index (χ4n) is 2.77. The van der Waals surface area contributed by atoms with Gasteiger partial charge in [-0.2, -0.15) is 0 Å². The van der Waals surface area contributed by atoms with Crippen molar-refractivity contribution in [3.63, 3.8) is 0 Å². The molecule has 1 fully saturated rings. The molecule has 0 aromatic carbocycles. The lowest BCUT2D eigenvalue weighted by atomic mass is 10.2. The Bertz CT molecular complexity index is 865. The first-order valence-corrected chi connectivity index (χ1v) is 9.48. The summed E-state index contributed by atoms with van der Waals surface area (Å²) < 4.78 is 7.47. The molecule has 1 aliphatic heterocycles. The van der Waals surface area contributed by atoms with Gasteiger partial charge >= 0.3 is 0 Å². The molecule has 3 aromatic rings. The number of pyridine rings is 1. The van der Waals surface area contributed by atoms with Gasteiger partial charge in [0.15, 0.2) is 5.82 Å². The molecular weight excluding hydrogens is 350 g/mol. The highest BCUT2D eigenvalue weighted by Crippen LogP contribution is 2.27. The van der Waals surface area contributed by atoms with Crippen LogP contribution in [0.15, 0.2) is 40.6 Å². The standard InChI is InChI=1S/C17H19N7OS/c1-2-12-10-15(20-16(19-12)14-7-3-4-8-18-14)26-17-21-22-23-24(17)11-13-6-5-9-25-13/h3-4,7-8,10,13H,2,5-6,9,11H2,1H3/t13-/m0/s1. The number of rotatable bonds is 6. The average Bonchev–Trinajstić information content (AvgIpc) is 3.35. The molecule has 0 radical (unpaired) electrons. The first-order valence-electron chi connectivity index (χ1n) is 8.67. The van der Waals surface area contributed by atoms with E-state index in [1.54, 1.807) is 10.9 Å². The van der Waals surface area contributed by atoms with Gasteiger partial charge in [-0.1, -0.05) is 13.0 Å².